The van der Waals surface area contributed by atoms with Gasteiger partial charge in [0.1, 0.15) is 6.33 Å². The van der Waals surface area contributed by atoms with E-state index in [9.17, 15) is 9.18 Å². The van der Waals surface area contributed by atoms with Gasteiger partial charge in [-0.2, -0.15) is 0 Å². The molecule has 1 aromatic heterocycles. The minimum absolute atomic E-state index is 0.124. The van der Waals surface area contributed by atoms with Gasteiger partial charge in [-0.3, -0.25) is 4.79 Å². The van der Waals surface area contributed by atoms with Gasteiger partial charge >= 0.3 is 0 Å². The zero-order valence-electron chi connectivity index (χ0n) is 13.1. The molecule has 2 N–H and O–H groups in total. The molecule has 0 bridgehead atoms. The second-order valence-electron chi connectivity index (χ2n) is 5.13. The number of anilines is 3. The van der Waals surface area contributed by atoms with Crippen LogP contribution in [0.4, 0.5) is 21.6 Å². The fourth-order valence-electron chi connectivity index (χ4n) is 2.29. The molecule has 2 rings (SSSR count). The lowest BCUT2D eigenvalue weighted by atomic mass is 10.1. The summed E-state index contributed by atoms with van der Waals surface area (Å²) in [6, 6.07) is 3.68. The monoisotopic (exact) mass is 302 g/mol. The SMILES string of the molecule is CCc1ncnc(Nc2cc(C)c(NC(C)=O)c(C)c2)c1F. The molecule has 6 heteroatoms. The first-order valence-electron chi connectivity index (χ1n) is 7.07. The van der Waals surface area contributed by atoms with Crippen LogP contribution in [0.5, 0.6) is 0 Å². The average Bonchev–Trinajstić information content (AvgIpc) is 2.45. The maximum atomic E-state index is 14.2. The molecule has 0 unspecified atom stereocenters. The van der Waals surface area contributed by atoms with Crippen LogP contribution in [0.3, 0.4) is 0 Å². The number of hydrogen-bond acceptors (Lipinski definition) is 4. The summed E-state index contributed by atoms with van der Waals surface area (Å²) < 4.78 is 14.2. The summed E-state index contributed by atoms with van der Waals surface area (Å²) >= 11 is 0. The summed E-state index contributed by atoms with van der Waals surface area (Å²) in [7, 11) is 0. The van der Waals surface area contributed by atoms with E-state index in [2.05, 4.69) is 20.6 Å². The molecule has 0 saturated carbocycles. The zero-order valence-corrected chi connectivity index (χ0v) is 13.1. The van der Waals surface area contributed by atoms with E-state index in [1.54, 1.807) is 0 Å². The van der Waals surface area contributed by atoms with Crippen LogP contribution in [0.15, 0.2) is 18.5 Å². The van der Waals surface area contributed by atoms with Crippen molar-refractivity contribution in [1.29, 1.82) is 0 Å². The normalized spacial score (nSPS) is 10.4. The predicted octanol–water partition coefficient (Wildman–Crippen LogP) is 3.50. The highest BCUT2D eigenvalue weighted by Crippen LogP contribution is 2.27. The van der Waals surface area contributed by atoms with Crippen molar-refractivity contribution in [2.45, 2.75) is 34.1 Å². The molecule has 0 aliphatic rings. The molecular formula is C16H19FN4O. The number of carbonyl (C=O) groups is 1. The van der Waals surface area contributed by atoms with Crippen LogP contribution in [0.2, 0.25) is 0 Å². The number of nitrogens with zero attached hydrogens (tertiary/aromatic N) is 2. The van der Waals surface area contributed by atoms with Crippen LogP contribution >= 0.6 is 0 Å². The number of aryl methyl sites for hydroxylation is 3. The van der Waals surface area contributed by atoms with Gasteiger partial charge in [0, 0.05) is 18.3 Å². The van der Waals surface area contributed by atoms with Crippen LogP contribution < -0.4 is 10.6 Å². The molecular weight excluding hydrogens is 283 g/mol. The van der Waals surface area contributed by atoms with E-state index in [4.69, 9.17) is 0 Å². The second kappa shape index (κ2) is 6.51. The van der Waals surface area contributed by atoms with Gasteiger partial charge in [-0.15, -0.1) is 0 Å². The zero-order chi connectivity index (χ0) is 16.3. The van der Waals surface area contributed by atoms with Crippen molar-refractivity contribution >= 4 is 23.1 Å². The van der Waals surface area contributed by atoms with Crippen molar-refractivity contribution < 1.29 is 9.18 Å². The quantitative estimate of drug-likeness (QED) is 0.907. The lowest BCUT2D eigenvalue weighted by Crippen LogP contribution is -2.09. The first-order valence-corrected chi connectivity index (χ1v) is 7.07. The van der Waals surface area contributed by atoms with Crippen LogP contribution in [-0.2, 0) is 11.2 Å². The Morgan fingerprint density at radius 1 is 1.23 bits per heavy atom. The van der Waals surface area contributed by atoms with Gasteiger partial charge in [0.25, 0.3) is 0 Å². The van der Waals surface area contributed by atoms with Crippen molar-refractivity contribution in [2.24, 2.45) is 0 Å². The maximum Gasteiger partial charge on any atom is 0.221 e. The van der Waals surface area contributed by atoms with Gasteiger partial charge in [0.05, 0.1) is 5.69 Å². The molecule has 5 nitrogen and oxygen atoms in total. The topological polar surface area (TPSA) is 66.9 Å². The number of nitrogens with one attached hydrogen (secondary N) is 2. The maximum absolute atomic E-state index is 14.2. The third-order valence-corrected chi connectivity index (χ3v) is 3.29. The minimum atomic E-state index is -0.439. The van der Waals surface area contributed by atoms with E-state index in [0.717, 1.165) is 16.8 Å². The van der Waals surface area contributed by atoms with Gasteiger partial charge in [-0.1, -0.05) is 6.92 Å². The van der Waals surface area contributed by atoms with Gasteiger partial charge in [0.15, 0.2) is 11.6 Å². The molecule has 1 heterocycles. The van der Waals surface area contributed by atoms with Crippen molar-refractivity contribution in [2.75, 3.05) is 10.6 Å². The van der Waals surface area contributed by atoms with E-state index >= 15 is 0 Å². The lowest BCUT2D eigenvalue weighted by molar-refractivity contribution is -0.114. The van der Waals surface area contributed by atoms with E-state index < -0.39 is 5.82 Å². The van der Waals surface area contributed by atoms with Crippen molar-refractivity contribution in [1.82, 2.24) is 9.97 Å². The summed E-state index contributed by atoms with van der Waals surface area (Å²) in [5, 5.41) is 5.77. The summed E-state index contributed by atoms with van der Waals surface area (Å²) in [6.45, 7) is 7.08. The van der Waals surface area contributed by atoms with Crippen molar-refractivity contribution in [3.05, 3.63) is 41.1 Å². The highest BCUT2D eigenvalue weighted by atomic mass is 19.1. The van der Waals surface area contributed by atoms with Crippen LogP contribution in [0.1, 0.15) is 30.7 Å². The Balaban J connectivity index is 2.33. The first-order chi connectivity index (χ1) is 10.4. The molecule has 116 valence electrons. The Labute approximate surface area is 129 Å². The lowest BCUT2D eigenvalue weighted by Gasteiger charge is -2.14. The third kappa shape index (κ3) is 3.39. The van der Waals surface area contributed by atoms with E-state index in [-0.39, 0.29) is 11.7 Å². The highest BCUT2D eigenvalue weighted by Gasteiger charge is 2.12. The molecule has 0 fully saturated rings. The molecule has 0 atom stereocenters. The first kappa shape index (κ1) is 15.9. The Bertz CT molecular complexity index is 692. The van der Waals surface area contributed by atoms with Gasteiger partial charge in [0.2, 0.25) is 5.91 Å². The minimum Gasteiger partial charge on any atom is -0.338 e. The summed E-state index contributed by atoms with van der Waals surface area (Å²) in [5.74, 6) is -0.412. The van der Waals surface area contributed by atoms with Crippen LogP contribution in [0, 0.1) is 19.7 Å². The number of hydrogen-bond donors (Lipinski definition) is 2. The number of amides is 1. The number of rotatable bonds is 4. The van der Waals surface area contributed by atoms with Gasteiger partial charge in [-0.25, -0.2) is 14.4 Å². The fourth-order valence-corrected chi connectivity index (χ4v) is 2.29. The molecule has 22 heavy (non-hydrogen) atoms. The third-order valence-electron chi connectivity index (χ3n) is 3.29. The predicted molar refractivity (Wildman–Crippen MR) is 84.9 cm³/mol. The summed E-state index contributed by atoms with van der Waals surface area (Å²) in [6.07, 6.45) is 1.85. The molecule has 0 saturated heterocycles. The largest absolute Gasteiger partial charge is 0.338 e. The molecule has 0 aliphatic carbocycles. The van der Waals surface area contributed by atoms with Gasteiger partial charge < -0.3 is 10.6 Å². The van der Waals surface area contributed by atoms with E-state index in [1.807, 2.05) is 32.9 Å². The van der Waals surface area contributed by atoms with E-state index in [0.29, 0.717) is 17.8 Å². The highest BCUT2D eigenvalue weighted by molar-refractivity contribution is 5.91. The average molecular weight is 302 g/mol. The standard InChI is InChI=1S/C16H19FN4O/c1-5-13-14(17)16(19-8-18-13)21-12-6-9(2)15(10(3)7-12)20-11(4)22/h6-8H,5H2,1-4H3,(H,20,22)(H,18,19,21). The number of benzene rings is 1. The number of carbonyl (C=O) groups excluding carboxylic acids is 1. The summed E-state index contributed by atoms with van der Waals surface area (Å²) in [4.78, 5) is 19.1. The molecule has 0 aliphatic heterocycles. The Hall–Kier alpha value is -2.50. The molecule has 1 aromatic carbocycles. The van der Waals surface area contributed by atoms with Crippen molar-refractivity contribution in [3.63, 3.8) is 0 Å². The molecule has 0 spiro atoms. The van der Waals surface area contributed by atoms with Crippen molar-refractivity contribution in [3.8, 4) is 0 Å². The number of aromatic nitrogens is 2. The molecule has 0 radical (unpaired) electrons. The molecule has 2 aromatic rings. The second-order valence-corrected chi connectivity index (χ2v) is 5.13. The smallest absolute Gasteiger partial charge is 0.221 e. The Morgan fingerprint density at radius 3 is 2.41 bits per heavy atom. The summed E-state index contributed by atoms with van der Waals surface area (Å²) in [5.41, 5.74) is 3.64. The molecule has 1 amide bonds. The van der Waals surface area contributed by atoms with Gasteiger partial charge in [-0.05, 0) is 43.5 Å². The Morgan fingerprint density at radius 2 is 1.86 bits per heavy atom. The fraction of sp³-hybridized carbons (Fsp3) is 0.312. The Kier molecular flexibility index (Phi) is 4.70. The number of halogens is 1. The van der Waals surface area contributed by atoms with Crippen LogP contribution in [-0.4, -0.2) is 15.9 Å². The van der Waals surface area contributed by atoms with E-state index in [1.165, 1.54) is 13.3 Å². The van der Waals surface area contributed by atoms with Crippen LogP contribution in [0.25, 0.3) is 0 Å².